The van der Waals surface area contributed by atoms with Crippen LogP contribution in [0.15, 0.2) is 113 Å². The Morgan fingerprint density at radius 2 is 0.971 bits per heavy atom. The summed E-state index contributed by atoms with van der Waals surface area (Å²) in [6, 6.07) is 24.1. The molecule has 0 amide bonds. The number of hydrogen-bond acceptors (Lipinski definition) is 4. The zero-order valence-corrected chi connectivity index (χ0v) is 19.6. The molecular formula is C26H17F2NO4S2. The fourth-order valence-corrected chi connectivity index (χ4v) is 7.64. The van der Waals surface area contributed by atoms with Crippen LogP contribution in [0.1, 0.15) is 0 Å². The molecule has 0 aliphatic carbocycles. The summed E-state index contributed by atoms with van der Waals surface area (Å²) in [5.41, 5.74) is -0.812. The van der Waals surface area contributed by atoms with Gasteiger partial charge in [-0.3, -0.25) is 0 Å². The van der Waals surface area contributed by atoms with Gasteiger partial charge in [-0.15, -0.1) is 0 Å². The monoisotopic (exact) mass is 509 g/mol. The van der Waals surface area contributed by atoms with E-state index in [1.807, 2.05) is 0 Å². The minimum Gasteiger partial charge on any atom is -0.207 e. The summed E-state index contributed by atoms with van der Waals surface area (Å²) in [5.74, 6) is -2.31. The lowest BCUT2D eigenvalue weighted by molar-refractivity contribution is 0.571. The van der Waals surface area contributed by atoms with Gasteiger partial charge in [0.1, 0.15) is 11.5 Å². The van der Waals surface area contributed by atoms with Crippen molar-refractivity contribution in [3.05, 3.63) is 115 Å². The predicted octanol–water partition coefficient (Wildman–Crippen LogP) is 5.86. The molecule has 0 aromatic heterocycles. The summed E-state index contributed by atoms with van der Waals surface area (Å²) in [7, 11) is -9.71. The van der Waals surface area contributed by atoms with E-state index in [0.29, 0.717) is 16.8 Å². The maximum Gasteiger partial charge on any atom is 0.277 e. The third-order valence-corrected chi connectivity index (χ3v) is 9.72. The third kappa shape index (κ3) is 4.02. The van der Waals surface area contributed by atoms with Crippen molar-refractivity contribution in [1.29, 1.82) is 0 Å². The number of nitrogens with zero attached hydrogens (tertiary/aromatic N) is 1. The average molecular weight is 510 g/mol. The fraction of sp³-hybridized carbons (Fsp3) is 0. The number of sulfonamides is 2. The second-order valence-corrected chi connectivity index (χ2v) is 11.6. The van der Waals surface area contributed by atoms with Crippen molar-refractivity contribution >= 4 is 47.3 Å². The molecule has 0 N–H and O–H groups in total. The maximum atomic E-state index is 14.9. The Morgan fingerprint density at radius 3 is 1.43 bits per heavy atom. The Morgan fingerprint density at radius 1 is 0.514 bits per heavy atom. The first kappa shape index (κ1) is 22.9. The van der Waals surface area contributed by atoms with E-state index in [9.17, 15) is 25.6 Å². The lowest BCUT2D eigenvalue weighted by Crippen LogP contribution is -2.37. The first-order valence-corrected chi connectivity index (χ1v) is 13.3. The van der Waals surface area contributed by atoms with Crippen LogP contribution in [0.3, 0.4) is 0 Å². The zero-order valence-electron chi connectivity index (χ0n) is 18.0. The third-order valence-electron chi connectivity index (χ3n) is 5.58. The molecule has 0 saturated heterocycles. The van der Waals surface area contributed by atoms with Crippen molar-refractivity contribution < 1.29 is 25.6 Å². The molecule has 0 bridgehead atoms. The SMILES string of the molecule is O=S(=O)(c1ccc2ccccc2c1)N(c1ccc(F)cc1F)S(=O)(=O)c1ccc2ccccc2c1. The van der Waals surface area contributed by atoms with Crippen LogP contribution in [0, 0.1) is 11.6 Å². The van der Waals surface area contributed by atoms with Gasteiger partial charge in [-0.1, -0.05) is 60.7 Å². The van der Waals surface area contributed by atoms with Gasteiger partial charge in [0.05, 0.1) is 9.79 Å². The standard InChI is InChI=1S/C26H17F2NO4S2/c27-22-11-14-26(25(28)17-22)29(34(30,31)23-12-9-18-5-1-3-7-20(18)15-23)35(32,33)24-13-10-19-6-2-4-8-21(19)16-24/h1-17H. The van der Waals surface area contributed by atoms with Crippen molar-refractivity contribution in [3.63, 3.8) is 0 Å². The first-order chi connectivity index (χ1) is 16.7. The minimum atomic E-state index is -4.86. The average Bonchev–Trinajstić information content (AvgIpc) is 2.84. The molecular weight excluding hydrogens is 492 g/mol. The Hall–Kier alpha value is -3.82. The van der Waals surface area contributed by atoms with Crippen LogP contribution in [0.5, 0.6) is 0 Å². The normalized spacial score (nSPS) is 12.2. The summed E-state index contributed by atoms with van der Waals surface area (Å²) in [6.07, 6.45) is 0. The van der Waals surface area contributed by atoms with Gasteiger partial charge in [0, 0.05) is 6.07 Å². The fourth-order valence-electron chi connectivity index (χ4n) is 3.86. The van der Waals surface area contributed by atoms with Crippen LogP contribution >= 0.6 is 0 Å². The van der Waals surface area contributed by atoms with Crippen molar-refractivity contribution in [2.24, 2.45) is 0 Å². The molecule has 5 nitrogen and oxygen atoms in total. The van der Waals surface area contributed by atoms with E-state index in [1.54, 1.807) is 48.5 Å². The summed E-state index contributed by atoms with van der Waals surface area (Å²) in [6.45, 7) is 0. The molecule has 0 aliphatic rings. The molecule has 5 rings (SSSR count). The molecule has 35 heavy (non-hydrogen) atoms. The van der Waals surface area contributed by atoms with E-state index in [1.165, 1.54) is 36.4 Å². The number of anilines is 1. The maximum absolute atomic E-state index is 14.9. The Bertz CT molecular complexity index is 1710. The molecule has 0 unspecified atom stereocenters. The van der Waals surface area contributed by atoms with Crippen molar-refractivity contribution in [2.75, 3.05) is 3.71 Å². The quantitative estimate of drug-likeness (QED) is 0.298. The number of rotatable bonds is 5. The van der Waals surface area contributed by atoms with E-state index in [4.69, 9.17) is 0 Å². The zero-order chi connectivity index (χ0) is 24.8. The number of halogens is 2. The molecule has 0 fully saturated rings. The van der Waals surface area contributed by atoms with Crippen LogP contribution in [-0.2, 0) is 20.0 Å². The summed E-state index contributed by atoms with van der Waals surface area (Å²) in [4.78, 5) is -0.714. The Labute approximate surface area is 201 Å². The number of fused-ring (bicyclic) bond motifs is 2. The van der Waals surface area contributed by atoms with Crippen LogP contribution in [0.25, 0.3) is 21.5 Å². The van der Waals surface area contributed by atoms with Crippen LogP contribution in [0.2, 0.25) is 0 Å². The largest absolute Gasteiger partial charge is 0.277 e. The highest BCUT2D eigenvalue weighted by atomic mass is 32.3. The smallest absolute Gasteiger partial charge is 0.207 e. The lowest BCUT2D eigenvalue weighted by atomic mass is 10.1. The molecule has 0 heterocycles. The van der Waals surface area contributed by atoms with Gasteiger partial charge >= 0.3 is 0 Å². The van der Waals surface area contributed by atoms with E-state index in [-0.39, 0.29) is 13.5 Å². The highest BCUT2D eigenvalue weighted by Crippen LogP contribution is 2.34. The molecule has 0 spiro atoms. The topological polar surface area (TPSA) is 71.5 Å². The summed E-state index contributed by atoms with van der Waals surface area (Å²) < 4.78 is 83.7. The second kappa shape index (κ2) is 8.44. The molecule has 0 radical (unpaired) electrons. The van der Waals surface area contributed by atoms with Crippen molar-refractivity contribution in [1.82, 2.24) is 0 Å². The molecule has 0 saturated carbocycles. The highest BCUT2D eigenvalue weighted by molar-refractivity contribution is 8.10. The first-order valence-electron chi connectivity index (χ1n) is 10.4. The minimum absolute atomic E-state index is 0.0307. The van der Waals surface area contributed by atoms with E-state index < -0.39 is 37.4 Å². The van der Waals surface area contributed by atoms with Gasteiger partial charge in [0.15, 0.2) is 5.82 Å². The van der Waals surface area contributed by atoms with Crippen LogP contribution < -0.4 is 3.71 Å². The van der Waals surface area contributed by atoms with E-state index in [0.717, 1.165) is 22.9 Å². The van der Waals surface area contributed by atoms with Gasteiger partial charge in [0.2, 0.25) is 0 Å². The van der Waals surface area contributed by atoms with Gasteiger partial charge in [-0.2, -0.15) is 3.71 Å². The molecule has 0 atom stereocenters. The van der Waals surface area contributed by atoms with Gasteiger partial charge < -0.3 is 0 Å². The Balaban J connectivity index is 1.76. The molecule has 5 aromatic rings. The molecule has 9 heteroatoms. The van der Waals surface area contributed by atoms with Crippen LogP contribution in [0.4, 0.5) is 14.5 Å². The summed E-state index contributed by atoms with van der Waals surface area (Å²) >= 11 is 0. The van der Waals surface area contributed by atoms with Crippen molar-refractivity contribution in [3.8, 4) is 0 Å². The number of hydrogen-bond donors (Lipinski definition) is 0. The summed E-state index contributed by atoms with van der Waals surface area (Å²) in [5, 5.41) is 2.58. The molecule has 5 aromatic carbocycles. The highest BCUT2D eigenvalue weighted by Gasteiger charge is 2.39. The number of benzene rings is 5. The lowest BCUT2D eigenvalue weighted by Gasteiger charge is -2.25. The van der Waals surface area contributed by atoms with Crippen LogP contribution in [-0.4, -0.2) is 16.8 Å². The Kier molecular flexibility index (Phi) is 5.53. The predicted molar refractivity (Wildman–Crippen MR) is 131 cm³/mol. The van der Waals surface area contributed by atoms with Crippen molar-refractivity contribution in [2.45, 2.75) is 9.79 Å². The van der Waals surface area contributed by atoms with Gasteiger partial charge in [-0.05, 0) is 57.9 Å². The molecule has 0 aliphatic heterocycles. The molecule has 176 valence electrons. The van der Waals surface area contributed by atoms with Gasteiger partial charge in [0.25, 0.3) is 20.0 Å². The van der Waals surface area contributed by atoms with Gasteiger partial charge in [-0.25, -0.2) is 25.6 Å². The second-order valence-electron chi connectivity index (χ2n) is 7.82. The van der Waals surface area contributed by atoms with E-state index >= 15 is 0 Å². The van der Waals surface area contributed by atoms with E-state index in [2.05, 4.69) is 0 Å².